The summed E-state index contributed by atoms with van der Waals surface area (Å²) in [6.45, 7) is 2.11. The first-order valence-electron chi connectivity index (χ1n) is 14.1. The van der Waals surface area contributed by atoms with Crippen molar-refractivity contribution in [1.82, 2.24) is 5.32 Å². The Morgan fingerprint density at radius 2 is 1.41 bits per heavy atom. The summed E-state index contributed by atoms with van der Waals surface area (Å²) in [6, 6.07) is 37.5. The van der Waals surface area contributed by atoms with Crippen molar-refractivity contribution in [3.63, 3.8) is 0 Å². The summed E-state index contributed by atoms with van der Waals surface area (Å²) >= 11 is 4.82. The van der Waals surface area contributed by atoms with E-state index in [1.165, 1.54) is 17.5 Å². The zero-order valence-electron chi connectivity index (χ0n) is 24.0. The molecule has 0 aliphatic rings. The van der Waals surface area contributed by atoms with Crippen LogP contribution in [0.4, 0.5) is 5.69 Å². The quantitative estimate of drug-likeness (QED) is 0.115. The van der Waals surface area contributed by atoms with Crippen molar-refractivity contribution in [3.05, 3.63) is 142 Å². The second-order valence-electron chi connectivity index (χ2n) is 10.1. The van der Waals surface area contributed by atoms with Gasteiger partial charge in [-0.15, -0.1) is 0 Å². The monoisotopic (exact) mass is 666 g/mol. The van der Waals surface area contributed by atoms with Crippen LogP contribution in [0.25, 0.3) is 11.1 Å². The van der Waals surface area contributed by atoms with Gasteiger partial charge in [0.25, 0.3) is 5.91 Å². The number of carboxylic acid groups (broad SMARTS) is 1. The van der Waals surface area contributed by atoms with Gasteiger partial charge in [0.05, 0.1) is 11.3 Å². The molecule has 6 nitrogen and oxygen atoms in total. The maximum absolute atomic E-state index is 13.3. The molecule has 0 saturated heterocycles. The molecular weight excluding hydrogens is 636 g/mol. The van der Waals surface area contributed by atoms with E-state index in [0.717, 1.165) is 39.5 Å². The molecule has 0 fully saturated rings. The Balaban J connectivity index is 1.23. The molecule has 0 saturated carbocycles. The van der Waals surface area contributed by atoms with Crippen molar-refractivity contribution >= 4 is 45.4 Å². The van der Waals surface area contributed by atoms with E-state index in [1.807, 2.05) is 97.1 Å². The topological polar surface area (TPSA) is 87.7 Å². The predicted octanol–water partition coefficient (Wildman–Crippen LogP) is 9.02. The van der Waals surface area contributed by atoms with E-state index >= 15 is 0 Å². The Morgan fingerprint density at radius 3 is 2.05 bits per heavy atom. The summed E-state index contributed by atoms with van der Waals surface area (Å²) in [4.78, 5) is 26.5. The highest BCUT2D eigenvalue weighted by Crippen LogP contribution is 2.28. The number of aryl methyl sites for hydroxylation is 1. The van der Waals surface area contributed by atoms with Gasteiger partial charge in [-0.2, -0.15) is 0 Å². The molecule has 5 aromatic carbocycles. The Bertz CT molecular complexity index is 1710. The first-order chi connectivity index (χ1) is 21.4. The number of carbonyl (C=O) groups excluding carboxylic acids is 1. The Labute approximate surface area is 269 Å². The van der Waals surface area contributed by atoms with Gasteiger partial charge in [0, 0.05) is 15.8 Å². The van der Waals surface area contributed by atoms with Gasteiger partial charge in [-0.25, -0.2) is 4.79 Å². The van der Waals surface area contributed by atoms with Crippen LogP contribution in [0.15, 0.2) is 131 Å². The third-order valence-corrected chi connectivity index (χ3v) is 8.32. The van der Waals surface area contributed by atoms with Crippen molar-refractivity contribution in [3.8, 4) is 22.6 Å². The molecule has 5 rings (SSSR count). The Hall–Kier alpha value is -4.53. The van der Waals surface area contributed by atoms with E-state index in [1.54, 1.807) is 12.1 Å². The maximum atomic E-state index is 13.3. The fourth-order valence-corrected chi connectivity index (χ4v) is 5.58. The summed E-state index contributed by atoms with van der Waals surface area (Å²) in [5, 5.41) is 12.7. The second kappa shape index (κ2) is 14.8. The van der Waals surface area contributed by atoms with Crippen LogP contribution in [0.3, 0.4) is 0 Å². The SMILES string of the molecule is CCc1ccc(SNc2ccc(Br)cc2C(=O)N[C@@H](Cc2ccc(-c3ccc(Oc4ccccc4)cc3)cc2)C(=O)O)cc1. The van der Waals surface area contributed by atoms with Crippen molar-refractivity contribution in [2.75, 3.05) is 4.72 Å². The van der Waals surface area contributed by atoms with Gasteiger partial charge < -0.3 is 19.9 Å². The van der Waals surface area contributed by atoms with E-state index in [0.29, 0.717) is 15.7 Å². The van der Waals surface area contributed by atoms with Crippen LogP contribution in [-0.2, 0) is 17.6 Å². The highest BCUT2D eigenvalue weighted by atomic mass is 79.9. The number of nitrogens with one attached hydrogen (secondary N) is 2. The summed E-state index contributed by atoms with van der Waals surface area (Å²) in [5.41, 5.74) is 4.97. The van der Waals surface area contributed by atoms with Crippen LogP contribution in [0.1, 0.15) is 28.4 Å². The summed E-state index contributed by atoms with van der Waals surface area (Å²) in [7, 11) is 0. The highest BCUT2D eigenvalue weighted by Gasteiger charge is 2.23. The van der Waals surface area contributed by atoms with Crippen molar-refractivity contribution in [1.29, 1.82) is 0 Å². The molecule has 44 heavy (non-hydrogen) atoms. The molecule has 8 heteroatoms. The predicted molar refractivity (Wildman–Crippen MR) is 180 cm³/mol. The normalized spacial score (nSPS) is 11.4. The lowest BCUT2D eigenvalue weighted by molar-refractivity contribution is -0.139. The molecule has 0 aliphatic heterocycles. The minimum atomic E-state index is -1.11. The zero-order chi connectivity index (χ0) is 30.9. The molecule has 0 radical (unpaired) electrons. The first-order valence-corrected chi connectivity index (χ1v) is 15.8. The van der Waals surface area contributed by atoms with Gasteiger partial charge >= 0.3 is 5.97 Å². The van der Waals surface area contributed by atoms with Gasteiger partial charge in [0.15, 0.2) is 0 Å². The lowest BCUT2D eigenvalue weighted by Crippen LogP contribution is -2.42. The first kappa shape index (κ1) is 30.9. The Morgan fingerprint density at radius 1 is 0.795 bits per heavy atom. The molecule has 1 amide bonds. The van der Waals surface area contributed by atoms with E-state index in [4.69, 9.17) is 4.74 Å². The van der Waals surface area contributed by atoms with E-state index in [9.17, 15) is 14.7 Å². The van der Waals surface area contributed by atoms with Gasteiger partial charge in [-0.3, -0.25) is 4.79 Å². The summed E-state index contributed by atoms with van der Waals surface area (Å²) < 4.78 is 9.84. The number of anilines is 1. The lowest BCUT2D eigenvalue weighted by Gasteiger charge is -2.17. The molecule has 222 valence electrons. The standard InChI is InChI=1S/C36H31BrN2O4S/c1-2-24-10-19-31(20-11-24)44-39-33-21-16-28(37)23-32(33)35(40)38-34(36(41)42)22-25-8-12-26(13-9-25)27-14-17-30(18-15-27)43-29-6-4-3-5-7-29/h3-21,23,34,39H,2,22H2,1H3,(H,38,40)(H,41,42)/t34-/m0/s1. The van der Waals surface area contributed by atoms with Crippen molar-refractivity contribution in [2.45, 2.75) is 30.7 Å². The lowest BCUT2D eigenvalue weighted by atomic mass is 10.00. The van der Waals surface area contributed by atoms with Crippen LogP contribution >= 0.6 is 27.9 Å². The van der Waals surface area contributed by atoms with Crippen molar-refractivity contribution < 1.29 is 19.4 Å². The van der Waals surface area contributed by atoms with Crippen molar-refractivity contribution in [2.24, 2.45) is 0 Å². The summed E-state index contributed by atoms with van der Waals surface area (Å²) in [5.74, 6) is -0.0675. The molecule has 0 heterocycles. The molecule has 0 unspecified atom stereocenters. The van der Waals surface area contributed by atoms with Crippen LogP contribution < -0.4 is 14.8 Å². The van der Waals surface area contributed by atoms with E-state index < -0.39 is 17.9 Å². The molecule has 5 aromatic rings. The number of carbonyl (C=O) groups is 2. The number of para-hydroxylation sites is 1. The molecule has 0 aliphatic carbocycles. The van der Waals surface area contributed by atoms with Crippen LogP contribution in [-0.4, -0.2) is 23.0 Å². The molecule has 1 atom stereocenters. The van der Waals surface area contributed by atoms with Crippen LogP contribution in [0, 0.1) is 0 Å². The molecule has 3 N–H and O–H groups in total. The number of hydrogen-bond acceptors (Lipinski definition) is 5. The number of benzene rings is 5. The Kier molecular flexibility index (Phi) is 10.4. The minimum Gasteiger partial charge on any atom is -0.480 e. The molecular formula is C36H31BrN2O4S. The number of rotatable bonds is 12. The number of hydrogen-bond donors (Lipinski definition) is 3. The number of ether oxygens (including phenoxy) is 1. The van der Waals surface area contributed by atoms with Gasteiger partial charge in [0.1, 0.15) is 17.5 Å². The van der Waals surface area contributed by atoms with Crippen LogP contribution in [0.2, 0.25) is 0 Å². The van der Waals surface area contributed by atoms with E-state index in [2.05, 4.69) is 45.0 Å². The maximum Gasteiger partial charge on any atom is 0.326 e. The fraction of sp³-hybridized carbons (Fsp3) is 0.111. The van der Waals surface area contributed by atoms with Crippen LogP contribution in [0.5, 0.6) is 11.5 Å². The smallest absolute Gasteiger partial charge is 0.326 e. The summed E-state index contributed by atoms with van der Waals surface area (Å²) in [6.07, 6.45) is 1.10. The molecule has 0 aromatic heterocycles. The minimum absolute atomic E-state index is 0.139. The third kappa shape index (κ3) is 8.30. The molecule has 0 bridgehead atoms. The fourth-order valence-electron chi connectivity index (χ4n) is 4.55. The number of halogens is 1. The average Bonchev–Trinajstić information content (AvgIpc) is 3.05. The zero-order valence-corrected chi connectivity index (χ0v) is 26.4. The molecule has 0 spiro atoms. The van der Waals surface area contributed by atoms with E-state index in [-0.39, 0.29) is 6.42 Å². The van der Waals surface area contributed by atoms with Gasteiger partial charge in [0.2, 0.25) is 0 Å². The van der Waals surface area contributed by atoms with Gasteiger partial charge in [-0.05, 0) is 95.2 Å². The van der Waals surface area contributed by atoms with Gasteiger partial charge in [-0.1, -0.05) is 89.6 Å². The average molecular weight is 668 g/mol. The highest BCUT2D eigenvalue weighted by molar-refractivity contribution is 9.10. The number of carboxylic acids is 1. The number of aliphatic carboxylic acids is 1. The third-order valence-electron chi connectivity index (χ3n) is 7.00. The second-order valence-corrected chi connectivity index (χ2v) is 11.9. The number of amides is 1. The largest absolute Gasteiger partial charge is 0.480 e.